The number of nitrogens with zero attached hydrogens (tertiary/aromatic N) is 3. The Hall–Kier alpha value is -2.19. The van der Waals surface area contributed by atoms with Crippen molar-refractivity contribution >= 4 is 39.2 Å². The number of hydrogen-bond donors (Lipinski definition) is 0. The van der Waals surface area contributed by atoms with Crippen molar-refractivity contribution in [2.75, 3.05) is 18.8 Å². The molecule has 29 heavy (non-hydrogen) atoms. The van der Waals surface area contributed by atoms with Crippen molar-refractivity contribution in [2.24, 2.45) is 0 Å². The number of carbonyl (C=O) groups is 1. The van der Waals surface area contributed by atoms with Gasteiger partial charge in [0.15, 0.2) is 5.16 Å². The van der Waals surface area contributed by atoms with Gasteiger partial charge in [0.2, 0.25) is 5.91 Å². The zero-order chi connectivity index (χ0) is 21.0. The normalized spacial score (nSPS) is 11.2. The fraction of sp³-hybridized carbons (Fsp3) is 0.381. The van der Waals surface area contributed by atoms with E-state index in [1.54, 1.807) is 25.1 Å². The van der Waals surface area contributed by atoms with Crippen LogP contribution in [0.2, 0.25) is 0 Å². The Morgan fingerprint density at radius 2 is 2.10 bits per heavy atom. The molecule has 0 spiro atoms. The molecule has 0 bridgehead atoms. The first-order valence-corrected chi connectivity index (χ1v) is 11.5. The van der Waals surface area contributed by atoms with Gasteiger partial charge in [0.25, 0.3) is 5.56 Å². The maximum absolute atomic E-state index is 13.7. The summed E-state index contributed by atoms with van der Waals surface area (Å²) in [7, 11) is 0. The number of rotatable bonds is 8. The Kier molecular flexibility index (Phi) is 7.08. The molecule has 154 valence electrons. The number of hydrogen-bond acceptors (Lipinski definition) is 5. The van der Waals surface area contributed by atoms with Crippen LogP contribution in [0, 0.1) is 12.7 Å². The molecule has 8 heteroatoms. The van der Waals surface area contributed by atoms with E-state index < -0.39 is 0 Å². The van der Waals surface area contributed by atoms with Crippen LogP contribution in [-0.4, -0.2) is 39.2 Å². The summed E-state index contributed by atoms with van der Waals surface area (Å²) in [4.78, 5) is 32.2. The summed E-state index contributed by atoms with van der Waals surface area (Å²) in [5, 5.41) is 2.26. The van der Waals surface area contributed by atoms with E-state index in [1.807, 2.05) is 17.2 Å². The van der Waals surface area contributed by atoms with E-state index >= 15 is 0 Å². The van der Waals surface area contributed by atoms with Crippen molar-refractivity contribution in [1.29, 1.82) is 0 Å². The van der Waals surface area contributed by atoms with Gasteiger partial charge in [0.05, 0.1) is 17.0 Å². The van der Waals surface area contributed by atoms with Gasteiger partial charge in [0, 0.05) is 13.1 Å². The summed E-state index contributed by atoms with van der Waals surface area (Å²) in [6, 6.07) is 6.34. The fourth-order valence-corrected chi connectivity index (χ4v) is 4.69. The Bertz CT molecular complexity index is 1080. The van der Waals surface area contributed by atoms with Crippen molar-refractivity contribution in [3.8, 4) is 5.69 Å². The third-order valence-corrected chi connectivity index (χ3v) is 6.50. The first-order chi connectivity index (χ1) is 14.0. The van der Waals surface area contributed by atoms with Crippen LogP contribution in [0.4, 0.5) is 4.39 Å². The van der Waals surface area contributed by atoms with E-state index in [4.69, 9.17) is 0 Å². The lowest BCUT2D eigenvalue weighted by Gasteiger charge is -2.20. The Balaban J connectivity index is 1.97. The van der Waals surface area contributed by atoms with E-state index in [0.29, 0.717) is 33.2 Å². The number of thiophene rings is 1. The van der Waals surface area contributed by atoms with E-state index in [0.717, 1.165) is 19.4 Å². The molecule has 1 amide bonds. The summed E-state index contributed by atoms with van der Waals surface area (Å²) in [5.74, 6) is -0.113. The molecule has 3 aromatic rings. The lowest BCUT2D eigenvalue weighted by molar-refractivity contribution is -0.128. The predicted molar refractivity (Wildman–Crippen MR) is 118 cm³/mol. The first kappa shape index (κ1) is 21.5. The third kappa shape index (κ3) is 4.70. The van der Waals surface area contributed by atoms with E-state index in [-0.39, 0.29) is 23.0 Å². The number of thioether (sulfide) groups is 1. The van der Waals surface area contributed by atoms with Gasteiger partial charge in [-0.25, -0.2) is 9.37 Å². The highest BCUT2D eigenvalue weighted by molar-refractivity contribution is 7.99. The number of amides is 1. The second-order valence-electron chi connectivity index (χ2n) is 6.72. The van der Waals surface area contributed by atoms with Crippen LogP contribution < -0.4 is 5.56 Å². The SMILES string of the molecule is CCCCN(CC)C(=O)CSc1nc2ccsc2c(=O)n1-c1ccc(F)c(C)c1. The quantitative estimate of drug-likeness (QED) is 0.384. The Morgan fingerprint density at radius 3 is 2.79 bits per heavy atom. The lowest BCUT2D eigenvalue weighted by atomic mass is 10.2. The van der Waals surface area contributed by atoms with Crippen LogP contribution >= 0.6 is 23.1 Å². The van der Waals surface area contributed by atoms with Crippen LogP contribution in [0.15, 0.2) is 39.6 Å². The minimum atomic E-state index is -0.328. The van der Waals surface area contributed by atoms with E-state index in [9.17, 15) is 14.0 Å². The van der Waals surface area contributed by atoms with Crippen LogP contribution in [0.3, 0.4) is 0 Å². The summed E-state index contributed by atoms with van der Waals surface area (Å²) in [6.45, 7) is 7.10. The summed E-state index contributed by atoms with van der Waals surface area (Å²) in [5.41, 5.74) is 1.40. The molecule has 2 heterocycles. The summed E-state index contributed by atoms with van der Waals surface area (Å²) < 4.78 is 15.8. The maximum Gasteiger partial charge on any atom is 0.276 e. The smallest absolute Gasteiger partial charge is 0.276 e. The molecule has 0 fully saturated rings. The predicted octanol–water partition coefficient (Wildman–Crippen LogP) is 4.64. The molecular weight excluding hydrogens is 409 g/mol. The molecule has 0 aliphatic carbocycles. The van der Waals surface area contributed by atoms with Gasteiger partial charge in [-0.05, 0) is 55.5 Å². The third-order valence-electron chi connectivity index (χ3n) is 4.69. The standard InChI is InChI=1S/C21H24FN3O2S2/c1-4-6-10-24(5-2)18(26)13-29-21-23-17-9-11-28-19(17)20(27)25(21)15-7-8-16(22)14(3)12-15/h7-9,11-12H,4-6,10,13H2,1-3H3. The Labute approximate surface area is 177 Å². The van der Waals surface area contributed by atoms with Gasteiger partial charge in [-0.15, -0.1) is 11.3 Å². The number of unbranched alkanes of at least 4 members (excludes halogenated alkanes) is 1. The molecule has 0 saturated carbocycles. The van der Waals surface area contributed by atoms with E-state index in [1.165, 1.54) is 33.7 Å². The lowest BCUT2D eigenvalue weighted by Crippen LogP contribution is -2.33. The number of aryl methyl sites for hydroxylation is 1. The molecule has 1 aromatic carbocycles. The van der Waals surface area contributed by atoms with Crippen LogP contribution in [0.5, 0.6) is 0 Å². The van der Waals surface area contributed by atoms with Crippen LogP contribution in [0.25, 0.3) is 15.9 Å². The summed E-state index contributed by atoms with van der Waals surface area (Å²) >= 11 is 2.57. The monoisotopic (exact) mass is 433 g/mol. The van der Waals surface area contributed by atoms with E-state index in [2.05, 4.69) is 11.9 Å². The molecule has 0 radical (unpaired) electrons. The van der Waals surface area contributed by atoms with Gasteiger partial charge in [-0.3, -0.25) is 14.2 Å². The highest BCUT2D eigenvalue weighted by Crippen LogP contribution is 2.24. The maximum atomic E-state index is 13.7. The minimum Gasteiger partial charge on any atom is -0.342 e. The van der Waals surface area contributed by atoms with Crippen molar-refractivity contribution in [3.05, 3.63) is 51.4 Å². The second kappa shape index (κ2) is 9.54. The average Bonchev–Trinajstić information content (AvgIpc) is 3.18. The number of aromatic nitrogens is 2. The molecule has 2 aromatic heterocycles. The molecule has 0 aliphatic heterocycles. The van der Waals surface area contributed by atoms with Crippen LogP contribution in [0.1, 0.15) is 32.3 Å². The number of benzene rings is 1. The first-order valence-electron chi connectivity index (χ1n) is 9.63. The molecule has 3 rings (SSSR count). The van der Waals surface area contributed by atoms with Gasteiger partial charge in [-0.1, -0.05) is 25.1 Å². The number of halogens is 1. The van der Waals surface area contributed by atoms with Crippen molar-refractivity contribution in [3.63, 3.8) is 0 Å². The highest BCUT2D eigenvalue weighted by atomic mass is 32.2. The largest absolute Gasteiger partial charge is 0.342 e. The second-order valence-corrected chi connectivity index (χ2v) is 8.58. The van der Waals surface area contributed by atoms with Crippen molar-refractivity contribution in [1.82, 2.24) is 14.5 Å². The minimum absolute atomic E-state index is 0.0208. The van der Waals surface area contributed by atoms with Gasteiger partial charge in [-0.2, -0.15) is 0 Å². The van der Waals surface area contributed by atoms with Gasteiger partial charge >= 0.3 is 0 Å². The molecule has 0 N–H and O–H groups in total. The molecular formula is C21H24FN3O2S2. The molecule has 0 saturated heterocycles. The number of fused-ring (bicyclic) bond motifs is 1. The molecule has 0 unspecified atom stereocenters. The van der Waals surface area contributed by atoms with Crippen LogP contribution in [-0.2, 0) is 4.79 Å². The fourth-order valence-electron chi connectivity index (χ4n) is 3.01. The average molecular weight is 434 g/mol. The number of carbonyl (C=O) groups excluding carboxylic acids is 1. The van der Waals surface area contributed by atoms with Gasteiger partial charge < -0.3 is 4.90 Å². The molecule has 5 nitrogen and oxygen atoms in total. The Morgan fingerprint density at radius 1 is 1.31 bits per heavy atom. The topological polar surface area (TPSA) is 55.2 Å². The summed E-state index contributed by atoms with van der Waals surface area (Å²) in [6.07, 6.45) is 1.99. The highest BCUT2D eigenvalue weighted by Gasteiger charge is 2.18. The zero-order valence-electron chi connectivity index (χ0n) is 16.8. The zero-order valence-corrected chi connectivity index (χ0v) is 18.4. The van der Waals surface area contributed by atoms with Crippen molar-refractivity contribution < 1.29 is 9.18 Å². The van der Waals surface area contributed by atoms with Gasteiger partial charge in [0.1, 0.15) is 10.5 Å². The molecule has 0 atom stereocenters. The molecule has 0 aliphatic rings. The van der Waals surface area contributed by atoms with Crippen molar-refractivity contribution in [2.45, 2.75) is 38.8 Å².